The number of rotatable bonds is 3. The predicted octanol–water partition coefficient (Wildman–Crippen LogP) is 0.192. The Bertz CT molecular complexity index is 300. The first-order valence-electron chi connectivity index (χ1n) is 4.90. The highest BCUT2D eigenvalue weighted by Gasteiger charge is 2.22. The lowest BCUT2D eigenvalue weighted by molar-refractivity contribution is 0.211. The molecule has 0 spiro atoms. The van der Waals surface area contributed by atoms with E-state index >= 15 is 0 Å². The fourth-order valence-electron chi connectivity index (χ4n) is 1.80. The number of aliphatic hydroxyl groups is 1. The standard InChI is InChI=1S/C9H15N3O2/c1-7-10-9(14-11-7)5-12-3-2-8(4-12)6-13/h8,13H,2-6H2,1H3. The fourth-order valence-corrected chi connectivity index (χ4v) is 1.80. The van der Waals surface area contributed by atoms with E-state index in [9.17, 15) is 0 Å². The van der Waals surface area contributed by atoms with Crippen molar-refractivity contribution < 1.29 is 9.63 Å². The van der Waals surface area contributed by atoms with Crippen LogP contribution in [-0.4, -0.2) is 39.8 Å². The van der Waals surface area contributed by atoms with E-state index in [0.29, 0.717) is 24.2 Å². The summed E-state index contributed by atoms with van der Waals surface area (Å²) >= 11 is 0. The lowest BCUT2D eigenvalue weighted by atomic mass is 10.1. The van der Waals surface area contributed by atoms with E-state index in [1.807, 2.05) is 6.92 Å². The van der Waals surface area contributed by atoms with Crippen molar-refractivity contribution in [3.05, 3.63) is 11.7 Å². The molecule has 1 aliphatic heterocycles. The molecule has 0 saturated carbocycles. The largest absolute Gasteiger partial charge is 0.396 e. The van der Waals surface area contributed by atoms with Crippen molar-refractivity contribution in [1.29, 1.82) is 0 Å². The van der Waals surface area contributed by atoms with Crippen LogP contribution in [0.3, 0.4) is 0 Å². The molecule has 5 nitrogen and oxygen atoms in total. The molecule has 1 aliphatic rings. The van der Waals surface area contributed by atoms with Crippen LogP contribution in [0.15, 0.2) is 4.52 Å². The molecule has 0 aliphatic carbocycles. The molecular weight excluding hydrogens is 182 g/mol. The molecular formula is C9H15N3O2. The molecule has 0 amide bonds. The van der Waals surface area contributed by atoms with E-state index in [4.69, 9.17) is 9.63 Å². The zero-order valence-corrected chi connectivity index (χ0v) is 8.31. The van der Waals surface area contributed by atoms with Crippen LogP contribution < -0.4 is 0 Å². The summed E-state index contributed by atoms with van der Waals surface area (Å²) in [4.78, 5) is 6.37. The van der Waals surface area contributed by atoms with Crippen LogP contribution in [0.4, 0.5) is 0 Å². The maximum absolute atomic E-state index is 8.98. The van der Waals surface area contributed by atoms with Crippen molar-refractivity contribution in [3.63, 3.8) is 0 Å². The molecule has 0 bridgehead atoms. The van der Waals surface area contributed by atoms with Crippen LogP contribution in [0.2, 0.25) is 0 Å². The summed E-state index contributed by atoms with van der Waals surface area (Å²) in [5, 5.41) is 12.7. The van der Waals surface area contributed by atoms with Crippen molar-refractivity contribution in [2.24, 2.45) is 5.92 Å². The first kappa shape index (κ1) is 9.61. The zero-order chi connectivity index (χ0) is 9.97. The van der Waals surface area contributed by atoms with Crippen LogP contribution in [-0.2, 0) is 6.54 Å². The monoisotopic (exact) mass is 197 g/mol. The third kappa shape index (κ3) is 2.10. The minimum atomic E-state index is 0.277. The molecule has 78 valence electrons. The first-order valence-corrected chi connectivity index (χ1v) is 4.90. The van der Waals surface area contributed by atoms with Gasteiger partial charge < -0.3 is 9.63 Å². The Balaban J connectivity index is 1.87. The Hall–Kier alpha value is -0.940. The molecule has 0 aromatic carbocycles. The third-order valence-corrected chi connectivity index (χ3v) is 2.56. The number of hydrogen-bond acceptors (Lipinski definition) is 5. The van der Waals surface area contributed by atoms with Gasteiger partial charge in [0, 0.05) is 13.2 Å². The highest BCUT2D eigenvalue weighted by atomic mass is 16.5. The second-order valence-corrected chi connectivity index (χ2v) is 3.81. The van der Waals surface area contributed by atoms with Crippen molar-refractivity contribution in [2.75, 3.05) is 19.7 Å². The maximum atomic E-state index is 8.98. The fraction of sp³-hybridized carbons (Fsp3) is 0.778. The van der Waals surface area contributed by atoms with Crippen molar-refractivity contribution in [1.82, 2.24) is 15.0 Å². The minimum absolute atomic E-state index is 0.277. The highest BCUT2D eigenvalue weighted by molar-refractivity contribution is 4.85. The molecule has 5 heteroatoms. The topological polar surface area (TPSA) is 62.4 Å². The van der Waals surface area contributed by atoms with Crippen LogP contribution in [0.1, 0.15) is 18.1 Å². The molecule has 2 heterocycles. The lowest BCUT2D eigenvalue weighted by Crippen LogP contribution is -2.21. The van der Waals surface area contributed by atoms with Gasteiger partial charge in [-0.1, -0.05) is 5.16 Å². The van der Waals surface area contributed by atoms with Crippen LogP contribution in [0.25, 0.3) is 0 Å². The average molecular weight is 197 g/mol. The van der Waals surface area contributed by atoms with Crippen LogP contribution in [0, 0.1) is 12.8 Å². The van der Waals surface area contributed by atoms with Crippen LogP contribution in [0.5, 0.6) is 0 Å². The van der Waals surface area contributed by atoms with E-state index in [0.717, 1.165) is 19.5 Å². The van der Waals surface area contributed by atoms with Gasteiger partial charge in [-0.25, -0.2) is 0 Å². The van der Waals surface area contributed by atoms with Gasteiger partial charge in [0.1, 0.15) is 0 Å². The first-order chi connectivity index (χ1) is 6.78. The Morgan fingerprint density at radius 1 is 1.64 bits per heavy atom. The molecule has 2 rings (SSSR count). The van der Waals surface area contributed by atoms with Gasteiger partial charge in [-0.2, -0.15) is 4.98 Å². The molecule has 1 saturated heterocycles. The summed E-state index contributed by atoms with van der Waals surface area (Å²) in [7, 11) is 0. The number of nitrogens with zero attached hydrogens (tertiary/aromatic N) is 3. The molecule has 1 atom stereocenters. The molecule has 1 aromatic heterocycles. The van der Waals surface area contributed by atoms with E-state index in [-0.39, 0.29) is 6.61 Å². The molecule has 0 radical (unpaired) electrons. The van der Waals surface area contributed by atoms with Crippen molar-refractivity contribution in [2.45, 2.75) is 19.9 Å². The summed E-state index contributed by atoms with van der Waals surface area (Å²) in [5.41, 5.74) is 0. The highest BCUT2D eigenvalue weighted by Crippen LogP contribution is 2.17. The number of hydrogen-bond donors (Lipinski definition) is 1. The molecule has 14 heavy (non-hydrogen) atoms. The van der Waals surface area contributed by atoms with E-state index in [2.05, 4.69) is 15.0 Å². The Labute approximate surface area is 82.7 Å². The number of aliphatic hydroxyl groups excluding tert-OH is 1. The number of likely N-dealkylation sites (tertiary alicyclic amines) is 1. The molecule has 1 N–H and O–H groups in total. The van der Waals surface area contributed by atoms with Gasteiger partial charge in [0.2, 0.25) is 5.89 Å². The average Bonchev–Trinajstić information content (AvgIpc) is 2.76. The van der Waals surface area contributed by atoms with Gasteiger partial charge in [-0.15, -0.1) is 0 Å². The smallest absolute Gasteiger partial charge is 0.240 e. The lowest BCUT2D eigenvalue weighted by Gasteiger charge is -2.11. The SMILES string of the molecule is Cc1noc(CN2CCC(CO)C2)n1. The second kappa shape index (κ2) is 4.06. The molecule has 1 unspecified atom stereocenters. The van der Waals surface area contributed by atoms with Gasteiger partial charge in [0.15, 0.2) is 5.82 Å². The normalized spacial score (nSPS) is 23.1. The Morgan fingerprint density at radius 2 is 2.50 bits per heavy atom. The minimum Gasteiger partial charge on any atom is -0.396 e. The van der Waals surface area contributed by atoms with E-state index in [1.54, 1.807) is 0 Å². The van der Waals surface area contributed by atoms with Gasteiger partial charge in [-0.3, -0.25) is 4.90 Å². The predicted molar refractivity (Wildman–Crippen MR) is 49.5 cm³/mol. The van der Waals surface area contributed by atoms with Gasteiger partial charge in [-0.05, 0) is 25.8 Å². The Morgan fingerprint density at radius 3 is 3.07 bits per heavy atom. The third-order valence-electron chi connectivity index (χ3n) is 2.56. The maximum Gasteiger partial charge on any atom is 0.240 e. The summed E-state index contributed by atoms with van der Waals surface area (Å²) in [5.74, 6) is 1.76. The van der Waals surface area contributed by atoms with Gasteiger partial charge in [0.25, 0.3) is 0 Å². The Kier molecular flexibility index (Phi) is 2.79. The summed E-state index contributed by atoms with van der Waals surface area (Å²) < 4.78 is 5.03. The number of aromatic nitrogens is 2. The summed E-state index contributed by atoms with van der Waals surface area (Å²) in [6, 6.07) is 0. The van der Waals surface area contributed by atoms with Gasteiger partial charge >= 0.3 is 0 Å². The van der Waals surface area contributed by atoms with Crippen molar-refractivity contribution >= 4 is 0 Å². The second-order valence-electron chi connectivity index (χ2n) is 3.81. The van der Waals surface area contributed by atoms with Crippen LogP contribution >= 0.6 is 0 Å². The van der Waals surface area contributed by atoms with Crippen molar-refractivity contribution in [3.8, 4) is 0 Å². The zero-order valence-electron chi connectivity index (χ0n) is 8.31. The van der Waals surface area contributed by atoms with E-state index in [1.165, 1.54) is 0 Å². The molecule has 1 aromatic rings. The van der Waals surface area contributed by atoms with Gasteiger partial charge in [0.05, 0.1) is 6.54 Å². The quantitative estimate of drug-likeness (QED) is 0.749. The summed E-state index contributed by atoms with van der Waals surface area (Å²) in [6.45, 7) is 4.73. The molecule has 1 fully saturated rings. The summed E-state index contributed by atoms with van der Waals surface area (Å²) in [6.07, 6.45) is 1.06. The van der Waals surface area contributed by atoms with E-state index < -0.39 is 0 Å². The number of aryl methyl sites for hydroxylation is 1.